The van der Waals surface area contributed by atoms with E-state index in [4.69, 9.17) is 14.1 Å². The van der Waals surface area contributed by atoms with E-state index in [1.807, 2.05) is 24.3 Å². The summed E-state index contributed by atoms with van der Waals surface area (Å²) in [6.07, 6.45) is 2.41. The van der Waals surface area contributed by atoms with Crippen molar-refractivity contribution in [1.29, 1.82) is 0 Å². The van der Waals surface area contributed by atoms with Gasteiger partial charge in [0.05, 0.1) is 0 Å². The summed E-state index contributed by atoms with van der Waals surface area (Å²) in [5.41, 5.74) is 1.65. The van der Waals surface area contributed by atoms with Gasteiger partial charge in [0.2, 0.25) is 0 Å². The fourth-order valence-corrected chi connectivity index (χ4v) is 0.757. The van der Waals surface area contributed by atoms with Crippen molar-refractivity contribution < 1.29 is 21.7 Å². The molecule has 0 spiro atoms. The topological polar surface area (TPSA) is 26.0 Å². The maximum absolute atomic E-state index is 4.88. The van der Waals surface area contributed by atoms with Crippen molar-refractivity contribution in [3.63, 3.8) is 0 Å². The van der Waals surface area contributed by atoms with Gasteiger partial charge < -0.3 is 9.40 Å². The van der Waals surface area contributed by atoms with Gasteiger partial charge in [-0.25, -0.2) is 0 Å². The zero-order valence-electron chi connectivity index (χ0n) is 5.75. The fourth-order valence-electron chi connectivity index (χ4n) is 0.757. The van der Waals surface area contributed by atoms with Crippen molar-refractivity contribution in [1.82, 2.24) is 4.98 Å². The second-order valence-electron chi connectivity index (χ2n) is 1.77. The molecular weight excluding hydrogens is 215 g/mol. The minimum Gasteiger partial charge on any atom is -0.573 e. The first kappa shape index (κ1) is 8.70. The molecule has 0 atom stereocenters. The first-order valence-electron chi connectivity index (χ1n) is 2.95. The fraction of sp³-hybridized carbons (Fsp3) is 0. The van der Waals surface area contributed by atoms with Gasteiger partial charge in [-0.1, -0.05) is 18.2 Å². The molecule has 4 heteroatoms. The van der Waals surface area contributed by atoms with Crippen molar-refractivity contribution in [3.05, 3.63) is 30.7 Å². The van der Waals surface area contributed by atoms with Crippen LogP contribution in [-0.4, -0.2) is 4.98 Å². The summed E-state index contributed by atoms with van der Waals surface area (Å²) in [6, 6.07) is 7.56. The molecule has 0 N–H and O–H groups in total. The van der Waals surface area contributed by atoms with Gasteiger partial charge in [0.25, 0.3) is 0 Å². The quantitative estimate of drug-likeness (QED) is 0.501. The number of hydrogen-bond donors (Lipinski definition) is 0. The van der Waals surface area contributed by atoms with Crippen LogP contribution in [-0.2, 0) is 17.3 Å². The molecule has 2 aromatic rings. The van der Waals surface area contributed by atoms with Gasteiger partial charge in [-0.3, -0.25) is 0 Å². The van der Waals surface area contributed by atoms with E-state index < -0.39 is 0 Å². The van der Waals surface area contributed by atoms with E-state index >= 15 is 0 Å². The summed E-state index contributed by atoms with van der Waals surface area (Å²) in [4.78, 5) is 3.83. The molecule has 11 heavy (non-hydrogen) atoms. The maximum atomic E-state index is 4.88. The zero-order chi connectivity index (χ0) is 8.10. The molecule has 0 aliphatic rings. The number of halogens is 1. The molecule has 0 radical (unpaired) electrons. The van der Waals surface area contributed by atoms with Gasteiger partial charge in [-0.2, -0.15) is 0 Å². The molecule has 1 heterocycles. The summed E-state index contributed by atoms with van der Waals surface area (Å²) in [6.45, 7) is 0. The summed E-state index contributed by atoms with van der Waals surface area (Å²) >= 11 is 0.847. The minimum atomic E-state index is 0.789. The maximum Gasteiger partial charge on any atom is 0.103 e. The molecule has 0 unspecified atom stereocenters. The number of oxazole rings is 1. The predicted molar refractivity (Wildman–Crippen MR) is 38.7 cm³/mol. The van der Waals surface area contributed by atoms with E-state index in [1.54, 1.807) is 0 Å². The van der Waals surface area contributed by atoms with Crippen LogP contribution in [0.3, 0.4) is 0 Å². The largest absolute Gasteiger partial charge is 0.573 e. The molecule has 0 aliphatic carbocycles. The van der Waals surface area contributed by atoms with Crippen molar-refractivity contribution >= 4 is 20.8 Å². The third-order valence-corrected chi connectivity index (χ3v) is 1.19. The van der Waals surface area contributed by atoms with Crippen molar-refractivity contribution in [2.45, 2.75) is 0 Å². The van der Waals surface area contributed by atoms with Crippen LogP contribution in [0.4, 0.5) is 0 Å². The van der Waals surface area contributed by atoms with Crippen LogP contribution in [0.15, 0.2) is 28.7 Å². The molecule has 52 valence electrons. The predicted octanol–water partition coefficient (Wildman–Crippen LogP) is 2.31. The molecule has 2 nitrogen and oxygen atoms in total. The average Bonchev–Trinajstić information content (AvgIpc) is 2.55. The molecular formula is C7H4ClNOZn. The number of fused-ring (bicyclic) bond motifs is 1. The Labute approximate surface area is 78.3 Å². The minimum absolute atomic E-state index is 0.789. The van der Waals surface area contributed by atoms with Gasteiger partial charge in [-0.15, -0.1) is 6.07 Å². The van der Waals surface area contributed by atoms with Crippen LogP contribution < -0.4 is 0 Å². The van der Waals surface area contributed by atoms with Gasteiger partial charge in [-0.05, 0) is 11.1 Å². The molecule has 0 bridgehead atoms. The third-order valence-electron chi connectivity index (χ3n) is 1.19. The SMILES string of the molecule is [Cl][Zn+].[c-]1nc2ccccc2o1. The van der Waals surface area contributed by atoms with Crippen molar-refractivity contribution in [2.75, 3.05) is 0 Å². The Morgan fingerprint density at radius 1 is 1.36 bits per heavy atom. The van der Waals surface area contributed by atoms with Crippen LogP contribution in [0.25, 0.3) is 11.1 Å². The van der Waals surface area contributed by atoms with E-state index in [0.29, 0.717) is 0 Å². The number of benzene rings is 1. The standard InChI is InChI=1S/C7H4NO.ClH.Zn/c1-2-4-7-6(3-1)8-5-9-7;;/h1-4H;1H;/q-1;;+2/p-1. The van der Waals surface area contributed by atoms with E-state index in [9.17, 15) is 0 Å². The van der Waals surface area contributed by atoms with Gasteiger partial charge in [0, 0.05) is 0 Å². The molecule has 0 aliphatic heterocycles. The first-order valence-corrected chi connectivity index (χ1v) is 6.85. The summed E-state index contributed by atoms with van der Waals surface area (Å²) < 4.78 is 4.88. The van der Waals surface area contributed by atoms with Crippen LogP contribution in [0.1, 0.15) is 0 Å². The number of aromatic nitrogens is 1. The molecule has 0 saturated carbocycles. The Morgan fingerprint density at radius 3 is 2.82 bits per heavy atom. The third kappa shape index (κ3) is 2.01. The number of para-hydroxylation sites is 2. The Balaban J connectivity index is 0.000000281. The smallest absolute Gasteiger partial charge is 0.103 e. The molecule has 0 amide bonds. The van der Waals surface area contributed by atoms with Crippen LogP contribution in [0, 0.1) is 6.39 Å². The van der Waals surface area contributed by atoms with E-state index in [-0.39, 0.29) is 0 Å². The van der Waals surface area contributed by atoms with Crippen LogP contribution >= 0.6 is 9.69 Å². The first-order chi connectivity index (χ1) is 5.47. The van der Waals surface area contributed by atoms with Crippen LogP contribution in [0.2, 0.25) is 0 Å². The van der Waals surface area contributed by atoms with E-state index in [0.717, 1.165) is 28.4 Å². The second kappa shape index (κ2) is 4.47. The summed E-state index contributed by atoms with van der Waals surface area (Å²) in [7, 11) is 4.76. The zero-order valence-corrected chi connectivity index (χ0v) is 9.47. The Hall–Kier alpha value is -0.397. The Kier molecular flexibility index (Phi) is 3.54. The van der Waals surface area contributed by atoms with Crippen LogP contribution in [0.5, 0.6) is 0 Å². The van der Waals surface area contributed by atoms with E-state index in [2.05, 4.69) is 11.4 Å². The van der Waals surface area contributed by atoms with Gasteiger partial charge >= 0.3 is 27.0 Å². The molecule has 1 aromatic heterocycles. The monoisotopic (exact) mass is 217 g/mol. The van der Waals surface area contributed by atoms with Gasteiger partial charge in [0.1, 0.15) is 6.39 Å². The number of rotatable bonds is 0. The summed E-state index contributed by atoms with van der Waals surface area (Å²) in [5.74, 6) is 0. The summed E-state index contributed by atoms with van der Waals surface area (Å²) in [5, 5.41) is 0. The average molecular weight is 219 g/mol. The van der Waals surface area contributed by atoms with E-state index in [1.165, 1.54) is 0 Å². The second-order valence-corrected chi connectivity index (χ2v) is 1.77. The Bertz CT molecular complexity index is 292. The molecule has 0 saturated heterocycles. The van der Waals surface area contributed by atoms with Crippen molar-refractivity contribution in [2.24, 2.45) is 0 Å². The normalized spacial score (nSPS) is 9.00. The Morgan fingerprint density at radius 2 is 2.09 bits per heavy atom. The number of hydrogen-bond acceptors (Lipinski definition) is 2. The van der Waals surface area contributed by atoms with Crippen molar-refractivity contribution in [3.8, 4) is 0 Å². The van der Waals surface area contributed by atoms with Gasteiger partial charge in [0.15, 0.2) is 0 Å². The molecule has 2 rings (SSSR count). The molecule has 1 aromatic carbocycles. The molecule has 0 fully saturated rings. The number of nitrogens with zero attached hydrogens (tertiary/aromatic N) is 1.